The summed E-state index contributed by atoms with van der Waals surface area (Å²) in [5, 5.41) is 9.60. The first-order valence-electron chi connectivity index (χ1n) is 8.94. The maximum absolute atomic E-state index is 12.1. The van der Waals surface area contributed by atoms with Gasteiger partial charge in [0.1, 0.15) is 0 Å². The van der Waals surface area contributed by atoms with Crippen molar-refractivity contribution in [3.63, 3.8) is 0 Å². The number of hydrogen-bond acceptors (Lipinski definition) is 3. The largest absolute Gasteiger partial charge is 0.356 e. The van der Waals surface area contributed by atoms with E-state index in [1.54, 1.807) is 7.05 Å². The molecule has 0 aliphatic rings. The molecule has 5 nitrogen and oxygen atoms in total. The minimum atomic E-state index is -0.0171. The second kappa shape index (κ2) is 12.6. The standard InChI is InChI=1S/C19H32N4OS/c1-5-15(2)23-18(24)17-10-8-16(9-11-17)14-22-19(20-3)21-12-6-7-13-25-4/h8-11,15H,5-7,12-14H2,1-4H3,(H,23,24)(H2,20,21,22). The predicted molar refractivity (Wildman–Crippen MR) is 109 cm³/mol. The van der Waals surface area contributed by atoms with E-state index in [2.05, 4.69) is 34.1 Å². The monoisotopic (exact) mass is 364 g/mol. The summed E-state index contributed by atoms with van der Waals surface area (Å²) in [4.78, 5) is 16.3. The summed E-state index contributed by atoms with van der Waals surface area (Å²) in [5.74, 6) is 1.99. The number of guanidine groups is 1. The van der Waals surface area contributed by atoms with E-state index in [9.17, 15) is 4.79 Å². The first kappa shape index (κ1) is 21.4. The molecule has 1 aromatic carbocycles. The zero-order valence-corrected chi connectivity index (χ0v) is 16.7. The van der Waals surface area contributed by atoms with Gasteiger partial charge in [0.05, 0.1) is 0 Å². The third-order valence-electron chi connectivity index (χ3n) is 3.96. The van der Waals surface area contributed by atoms with E-state index in [0.717, 1.165) is 30.9 Å². The van der Waals surface area contributed by atoms with Crippen LogP contribution in [-0.4, -0.2) is 43.5 Å². The second-order valence-electron chi connectivity index (χ2n) is 6.03. The highest BCUT2D eigenvalue weighted by molar-refractivity contribution is 7.98. The van der Waals surface area contributed by atoms with Gasteiger partial charge in [-0.3, -0.25) is 9.79 Å². The van der Waals surface area contributed by atoms with Crippen molar-refractivity contribution in [1.29, 1.82) is 0 Å². The van der Waals surface area contributed by atoms with Crippen molar-refractivity contribution in [3.05, 3.63) is 35.4 Å². The van der Waals surface area contributed by atoms with Crippen LogP contribution in [0.2, 0.25) is 0 Å². The Bertz CT molecular complexity index is 531. The maximum Gasteiger partial charge on any atom is 0.251 e. The Labute approximate surface area is 156 Å². The Hall–Kier alpha value is -1.69. The highest BCUT2D eigenvalue weighted by Gasteiger charge is 2.08. The number of aliphatic imine (C=N–C) groups is 1. The van der Waals surface area contributed by atoms with E-state index < -0.39 is 0 Å². The lowest BCUT2D eigenvalue weighted by atomic mass is 10.1. The Kier molecular flexibility index (Phi) is 10.8. The van der Waals surface area contributed by atoms with Gasteiger partial charge in [0.15, 0.2) is 5.96 Å². The molecule has 0 heterocycles. The third kappa shape index (κ3) is 8.82. The summed E-state index contributed by atoms with van der Waals surface area (Å²) in [6.45, 7) is 5.67. The molecule has 1 aromatic rings. The fourth-order valence-corrected chi connectivity index (χ4v) is 2.66. The SMILES string of the molecule is CCC(C)NC(=O)c1ccc(CNC(=NC)NCCCCSC)cc1. The second-order valence-corrected chi connectivity index (χ2v) is 7.02. The highest BCUT2D eigenvalue weighted by atomic mass is 32.2. The lowest BCUT2D eigenvalue weighted by molar-refractivity contribution is 0.0939. The number of unbranched alkanes of at least 4 members (excludes halogenated alkanes) is 1. The molecule has 140 valence electrons. The van der Waals surface area contributed by atoms with Crippen molar-refractivity contribution < 1.29 is 4.79 Å². The Morgan fingerprint density at radius 2 is 1.92 bits per heavy atom. The van der Waals surface area contributed by atoms with Crippen molar-refractivity contribution >= 4 is 23.6 Å². The zero-order chi connectivity index (χ0) is 18.5. The number of nitrogens with one attached hydrogen (secondary N) is 3. The van der Waals surface area contributed by atoms with Crippen molar-refractivity contribution in [2.45, 2.75) is 45.7 Å². The van der Waals surface area contributed by atoms with Crippen LogP contribution in [0.25, 0.3) is 0 Å². The lowest BCUT2D eigenvalue weighted by Gasteiger charge is -2.13. The summed E-state index contributed by atoms with van der Waals surface area (Å²) in [6, 6.07) is 7.88. The number of hydrogen-bond donors (Lipinski definition) is 3. The minimum Gasteiger partial charge on any atom is -0.356 e. The number of nitrogens with zero attached hydrogens (tertiary/aromatic N) is 1. The molecule has 0 radical (unpaired) electrons. The van der Waals surface area contributed by atoms with Gasteiger partial charge >= 0.3 is 0 Å². The molecule has 0 aliphatic heterocycles. The average molecular weight is 365 g/mol. The number of benzene rings is 1. The number of amides is 1. The predicted octanol–water partition coefficient (Wildman–Crippen LogP) is 3.02. The molecule has 0 saturated carbocycles. The van der Waals surface area contributed by atoms with Gasteiger partial charge in [-0.1, -0.05) is 19.1 Å². The van der Waals surface area contributed by atoms with Crippen molar-refractivity contribution in [3.8, 4) is 0 Å². The summed E-state index contributed by atoms with van der Waals surface area (Å²) < 4.78 is 0. The number of carbonyl (C=O) groups excluding carboxylic acids is 1. The Balaban J connectivity index is 2.40. The molecular formula is C19H32N4OS. The molecule has 1 unspecified atom stereocenters. The number of carbonyl (C=O) groups is 1. The molecule has 1 atom stereocenters. The fraction of sp³-hybridized carbons (Fsp3) is 0.579. The van der Waals surface area contributed by atoms with Crippen LogP contribution in [0.1, 0.15) is 49.0 Å². The quantitative estimate of drug-likeness (QED) is 0.339. The van der Waals surface area contributed by atoms with Gasteiger partial charge in [0, 0.05) is 31.7 Å². The third-order valence-corrected chi connectivity index (χ3v) is 4.65. The van der Waals surface area contributed by atoms with E-state index in [1.807, 2.05) is 43.0 Å². The molecule has 25 heavy (non-hydrogen) atoms. The smallest absolute Gasteiger partial charge is 0.251 e. The first-order valence-corrected chi connectivity index (χ1v) is 10.3. The molecule has 1 rings (SSSR count). The van der Waals surface area contributed by atoms with Crippen LogP contribution in [0.4, 0.5) is 0 Å². The molecular weight excluding hydrogens is 332 g/mol. The van der Waals surface area contributed by atoms with E-state index in [0.29, 0.717) is 12.1 Å². The maximum atomic E-state index is 12.1. The summed E-state index contributed by atoms with van der Waals surface area (Å²) in [6.07, 6.45) is 5.41. The number of thioether (sulfide) groups is 1. The van der Waals surface area contributed by atoms with Crippen LogP contribution >= 0.6 is 11.8 Å². The van der Waals surface area contributed by atoms with Gasteiger partial charge < -0.3 is 16.0 Å². The number of rotatable bonds is 10. The molecule has 0 bridgehead atoms. The van der Waals surface area contributed by atoms with E-state index in [1.165, 1.54) is 12.2 Å². The Morgan fingerprint density at radius 3 is 2.52 bits per heavy atom. The van der Waals surface area contributed by atoms with Gasteiger partial charge in [-0.05, 0) is 55.9 Å². The van der Waals surface area contributed by atoms with Crippen LogP contribution in [0.5, 0.6) is 0 Å². The van der Waals surface area contributed by atoms with Crippen molar-refractivity contribution in [1.82, 2.24) is 16.0 Å². The van der Waals surface area contributed by atoms with Crippen LogP contribution < -0.4 is 16.0 Å². The topological polar surface area (TPSA) is 65.5 Å². The Morgan fingerprint density at radius 1 is 1.20 bits per heavy atom. The molecule has 0 spiro atoms. The molecule has 3 N–H and O–H groups in total. The van der Waals surface area contributed by atoms with E-state index >= 15 is 0 Å². The molecule has 6 heteroatoms. The summed E-state index contributed by atoms with van der Waals surface area (Å²) in [5.41, 5.74) is 1.81. The summed E-state index contributed by atoms with van der Waals surface area (Å²) in [7, 11) is 1.78. The van der Waals surface area contributed by atoms with Gasteiger partial charge in [-0.2, -0.15) is 11.8 Å². The van der Waals surface area contributed by atoms with E-state index in [-0.39, 0.29) is 11.9 Å². The molecule has 0 saturated heterocycles. The minimum absolute atomic E-state index is 0.0171. The lowest BCUT2D eigenvalue weighted by Crippen LogP contribution is -2.37. The summed E-state index contributed by atoms with van der Waals surface area (Å²) >= 11 is 1.88. The van der Waals surface area contributed by atoms with Crippen LogP contribution in [0, 0.1) is 0 Å². The molecule has 0 fully saturated rings. The molecule has 0 aliphatic carbocycles. The first-order chi connectivity index (χ1) is 12.1. The van der Waals surface area contributed by atoms with E-state index in [4.69, 9.17) is 0 Å². The highest BCUT2D eigenvalue weighted by Crippen LogP contribution is 2.05. The molecule has 0 aromatic heterocycles. The van der Waals surface area contributed by atoms with Crippen LogP contribution in [-0.2, 0) is 6.54 Å². The van der Waals surface area contributed by atoms with Crippen LogP contribution in [0.15, 0.2) is 29.3 Å². The van der Waals surface area contributed by atoms with Gasteiger partial charge in [-0.25, -0.2) is 0 Å². The van der Waals surface area contributed by atoms with Crippen molar-refractivity contribution in [2.24, 2.45) is 4.99 Å². The van der Waals surface area contributed by atoms with Crippen molar-refractivity contribution in [2.75, 3.05) is 25.6 Å². The normalized spacial score (nSPS) is 12.6. The zero-order valence-electron chi connectivity index (χ0n) is 15.9. The molecule has 1 amide bonds. The van der Waals surface area contributed by atoms with Crippen LogP contribution in [0.3, 0.4) is 0 Å². The fourth-order valence-electron chi connectivity index (χ4n) is 2.17. The van der Waals surface area contributed by atoms with Gasteiger partial charge in [0.2, 0.25) is 0 Å². The van der Waals surface area contributed by atoms with Gasteiger partial charge in [-0.15, -0.1) is 0 Å². The average Bonchev–Trinajstić information content (AvgIpc) is 2.64. The van der Waals surface area contributed by atoms with Gasteiger partial charge in [0.25, 0.3) is 5.91 Å².